The second kappa shape index (κ2) is 5.90. The quantitative estimate of drug-likeness (QED) is 0.776. The number of carbonyl (C=O) groups is 1. The molecule has 0 bridgehead atoms. The maximum absolute atomic E-state index is 11.3. The fourth-order valence-electron chi connectivity index (χ4n) is 3.49. The van der Waals surface area contributed by atoms with Gasteiger partial charge in [-0.05, 0) is 28.3 Å². The third-order valence-corrected chi connectivity index (χ3v) is 4.91. The van der Waals surface area contributed by atoms with Gasteiger partial charge in [0.15, 0.2) is 0 Å². The zero-order valence-corrected chi connectivity index (χ0v) is 14.4. The van der Waals surface area contributed by atoms with Crippen LogP contribution in [0.15, 0.2) is 60.8 Å². The van der Waals surface area contributed by atoms with Gasteiger partial charge in [-0.1, -0.05) is 60.1 Å². The normalized spacial score (nSPS) is 12.6. The van der Waals surface area contributed by atoms with Crippen molar-refractivity contribution in [3.05, 3.63) is 82.5 Å². The van der Waals surface area contributed by atoms with Crippen LogP contribution in [0.5, 0.6) is 0 Å². The molecule has 4 nitrogen and oxygen atoms in total. The van der Waals surface area contributed by atoms with Crippen molar-refractivity contribution < 1.29 is 4.79 Å². The highest BCUT2D eigenvalue weighted by Crippen LogP contribution is 2.47. The van der Waals surface area contributed by atoms with E-state index in [2.05, 4.69) is 29.2 Å². The summed E-state index contributed by atoms with van der Waals surface area (Å²) in [6.45, 7) is 0. The van der Waals surface area contributed by atoms with Crippen LogP contribution in [-0.4, -0.2) is 17.9 Å². The van der Waals surface area contributed by atoms with E-state index >= 15 is 0 Å². The smallest absolute Gasteiger partial charge is 0.250 e. The highest BCUT2D eigenvalue weighted by Gasteiger charge is 2.32. The molecule has 25 heavy (non-hydrogen) atoms. The van der Waals surface area contributed by atoms with E-state index in [-0.39, 0.29) is 6.04 Å². The van der Waals surface area contributed by atoms with Crippen molar-refractivity contribution in [3.63, 3.8) is 0 Å². The first kappa shape index (κ1) is 15.7. The molecule has 1 aliphatic rings. The predicted octanol–water partition coefficient (Wildman–Crippen LogP) is 4.04. The lowest BCUT2D eigenvalue weighted by Crippen LogP contribution is -2.25. The van der Waals surface area contributed by atoms with E-state index in [4.69, 9.17) is 17.3 Å². The number of hydrogen-bond donors (Lipinski definition) is 1. The van der Waals surface area contributed by atoms with Gasteiger partial charge in [0.2, 0.25) is 5.91 Å². The monoisotopic (exact) mass is 349 g/mol. The van der Waals surface area contributed by atoms with Crippen LogP contribution in [-0.2, 0) is 0 Å². The second-order valence-electron chi connectivity index (χ2n) is 6.08. The van der Waals surface area contributed by atoms with Crippen molar-refractivity contribution >= 4 is 23.3 Å². The summed E-state index contributed by atoms with van der Waals surface area (Å²) in [5.41, 5.74) is 10.5. The van der Waals surface area contributed by atoms with Crippen LogP contribution in [0.4, 0.5) is 5.82 Å². The van der Waals surface area contributed by atoms with Crippen molar-refractivity contribution in [2.75, 3.05) is 11.9 Å². The summed E-state index contributed by atoms with van der Waals surface area (Å²) in [5.74, 6) is 0.0725. The Hall–Kier alpha value is -2.85. The minimum atomic E-state index is -0.542. The van der Waals surface area contributed by atoms with E-state index in [0.717, 1.165) is 0 Å². The zero-order chi connectivity index (χ0) is 17.6. The SMILES string of the molecule is CN(c1ncc(C(N)=O)cc1Cl)C1c2ccccc2-c2ccccc21. The Bertz CT molecular complexity index is 941. The van der Waals surface area contributed by atoms with E-state index in [0.29, 0.717) is 16.4 Å². The molecule has 0 aliphatic heterocycles. The lowest BCUT2D eigenvalue weighted by Gasteiger charge is -2.28. The molecule has 0 unspecified atom stereocenters. The molecule has 1 aromatic heterocycles. The second-order valence-corrected chi connectivity index (χ2v) is 6.49. The Morgan fingerprint density at radius 1 is 1.08 bits per heavy atom. The van der Waals surface area contributed by atoms with Gasteiger partial charge in [-0.15, -0.1) is 0 Å². The standard InChI is InChI=1S/C20H16ClN3O/c1-24(20-17(21)10-12(11-23-20)19(22)25)18-15-8-4-2-6-13(15)14-7-3-5-9-16(14)18/h2-11,18H,1H3,(H2,22,25). The number of halogens is 1. The van der Waals surface area contributed by atoms with Gasteiger partial charge in [-0.25, -0.2) is 4.98 Å². The number of pyridine rings is 1. The number of nitrogens with two attached hydrogens (primary N) is 1. The number of fused-ring (bicyclic) bond motifs is 3. The molecular weight excluding hydrogens is 334 g/mol. The van der Waals surface area contributed by atoms with Gasteiger partial charge in [-0.2, -0.15) is 0 Å². The van der Waals surface area contributed by atoms with Crippen LogP contribution in [0.3, 0.4) is 0 Å². The molecule has 2 N–H and O–H groups in total. The molecule has 0 saturated heterocycles. The predicted molar refractivity (Wildman–Crippen MR) is 99.9 cm³/mol. The van der Waals surface area contributed by atoms with E-state index < -0.39 is 5.91 Å². The zero-order valence-electron chi connectivity index (χ0n) is 13.6. The van der Waals surface area contributed by atoms with Gasteiger partial charge in [0.1, 0.15) is 5.82 Å². The molecule has 3 aromatic rings. The molecular formula is C20H16ClN3O. The summed E-state index contributed by atoms with van der Waals surface area (Å²) >= 11 is 6.39. The van der Waals surface area contributed by atoms with E-state index in [9.17, 15) is 4.79 Å². The average Bonchev–Trinajstić information content (AvgIpc) is 2.95. The van der Waals surface area contributed by atoms with Crippen molar-refractivity contribution in [2.45, 2.75) is 6.04 Å². The topological polar surface area (TPSA) is 59.2 Å². The first-order valence-electron chi connectivity index (χ1n) is 7.94. The van der Waals surface area contributed by atoms with Gasteiger partial charge >= 0.3 is 0 Å². The highest BCUT2D eigenvalue weighted by atomic mass is 35.5. The van der Waals surface area contributed by atoms with Gasteiger partial charge in [-0.3, -0.25) is 4.79 Å². The lowest BCUT2D eigenvalue weighted by atomic mass is 10.0. The number of hydrogen-bond acceptors (Lipinski definition) is 3. The Balaban J connectivity index is 1.83. The Morgan fingerprint density at radius 3 is 2.16 bits per heavy atom. The van der Waals surface area contributed by atoms with Crippen molar-refractivity contribution in [2.24, 2.45) is 5.73 Å². The number of anilines is 1. The molecule has 0 radical (unpaired) electrons. The summed E-state index contributed by atoms with van der Waals surface area (Å²) in [6.07, 6.45) is 1.47. The Labute approximate surface area is 150 Å². The summed E-state index contributed by atoms with van der Waals surface area (Å²) in [4.78, 5) is 17.8. The van der Waals surface area contributed by atoms with Crippen LogP contribution in [0, 0.1) is 0 Å². The summed E-state index contributed by atoms with van der Waals surface area (Å²) in [5, 5.41) is 0.403. The van der Waals surface area contributed by atoms with Gasteiger partial charge in [0.25, 0.3) is 0 Å². The molecule has 1 amide bonds. The average molecular weight is 350 g/mol. The number of primary amides is 1. The molecule has 0 spiro atoms. The van der Waals surface area contributed by atoms with E-state index in [1.165, 1.54) is 28.5 Å². The van der Waals surface area contributed by atoms with E-state index in [1.807, 2.05) is 36.2 Å². The number of rotatable bonds is 3. The first-order chi connectivity index (χ1) is 12.1. The van der Waals surface area contributed by atoms with Gasteiger partial charge in [0.05, 0.1) is 16.6 Å². The van der Waals surface area contributed by atoms with E-state index in [1.54, 1.807) is 6.07 Å². The van der Waals surface area contributed by atoms with Gasteiger partial charge in [0, 0.05) is 13.2 Å². The van der Waals surface area contributed by atoms with Gasteiger partial charge < -0.3 is 10.6 Å². The Morgan fingerprint density at radius 2 is 1.64 bits per heavy atom. The number of aromatic nitrogens is 1. The highest BCUT2D eigenvalue weighted by molar-refractivity contribution is 6.33. The van der Waals surface area contributed by atoms with Crippen LogP contribution < -0.4 is 10.6 Å². The third-order valence-electron chi connectivity index (χ3n) is 4.63. The lowest BCUT2D eigenvalue weighted by molar-refractivity contribution is 0.1000. The maximum Gasteiger partial charge on any atom is 0.250 e. The van der Waals surface area contributed by atoms with Crippen molar-refractivity contribution in [1.29, 1.82) is 0 Å². The molecule has 0 fully saturated rings. The van der Waals surface area contributed by atoms with Crippen LogP contribution in [0.2, 0.25) is 5.02 Å². The number of carbonyl (C=O) groups excluding carboxylic acids is 1. The molecule has 2 aromatic carbocycles. The van der Waals surface area contributed by atoms with Crippen LogP contribution in [0.1, 0.15) is 27.5 Å². The molecule has 0 saturated carbocycles. The number of nitrogens with zero attached hydrogens (tertiary/aromatic N) is 2. The van der Waals surface area contributed by atoms with Crippen molar-refractivity contribution in [1.82, 2.24) is 4.98 Å². The number of benzene rings is 2. The molecule has 124 valence electrons. The Kier molecular flexibility index (Phi) is 3.70. The summed E-state index contributed by atoms with van der Waals surface area (Å²) in [6, 6.07) is 18.3. The number of amides is 1. The molecule has 4 rings (SSSR count). The third kappa shape index (κ3) is 2.46. The van der Waals surface area contributed by atoms with Crippen molar-refractivity contribution in [3.8, 4) is 11.1 Å². The molecule has 0 atom stereocenters. The molecule has 1 aliphatic carbocycles. The molecule has 1 heterocycles. The molecule has 5 heteroatoms. The van der Waals surface area contributed by atoms with Crippen LogP contribution in [0.25, 0.3) is 11.1 Å². The minimum Gasteiger partial charge on any atom is -0.366 e. The largest absolute Gasteiger partial charge is 0.366 e. The fraction of sp³-hybridized carbons (Fsp3) is 0.100. The summed E-state index contributed by atoms with van der Waals surface area (Å²) < 4.78 is 0. The first-order valence-corrected chi connectivity index (χ1v) is 8.32. The summed E-state index contributed by atoms with van der Waals surface area (Å²) in [7, 11) is 1.96. The van der Waals surface area contributed by atoms with Crippen LogP contribution >= 0.6 is 11.6 Å². The minimum absolute atomic E-state index is 0.0110. The maximum atomic E-state index is 11.3. The fourth-order valence-corrected chi connectivity index (χ4v) is 3.79.